The minimum atomic E-state index is -6.14. The molecule has 21 aliphatic heterocycles. The van der Waals surface area contributed by atoms with E-state index in [1.807, 2.05) is 0 Å². The monoisotopic (exact) mass is 2160 g/mol. The molecule has 0 N–H and O–H groups in total. The number of rotatable bonds is 28. The van der Waals surface area contributed by atoms with Gasteiger partial charge in [-0.2, -0.15) is 0 Å². The molecular formula is C70H91O63S7-7. The topological polar surface area (TPSA) is 898 Å². The summed E-state index contributed by atoms with van der Waals surface area (Å²) in [5.41, 5.74) is 0. The summed E-state index contributed by atoms with van der Waals surface area (Å²) in [4.78, 5) is 192. The first-order valence-electron chi connectivity index (χ1n) is 40.3. The van der Waals surface area contributed by atoms with Gasteiger partial charge >= 0.3 is 83.6 Å². The van der Waals surface area contributed by atoms with Gasteiger partial charge in [0.1, 0.15) is 85.5 Å². The minimum Gasteiger partial charge on any atom is -0.748 e. The molecule has 21 fully saturated rings. The zero-order chi connectivity index (χ0) is 106. The van der Waals surface area contributed by atoms with E-state index < -0.39 is 410 Å². The Morgan fingerprint density at radius 3 is 0.307 bits per heavy atom. The summed E-state index contributed by atoms with van der Waals surface area (Å²) >= 11 is 0. The summed E-state index contributed by atoms with van der Waals surface area (Å²) < 4.78 is 445. The predicted molar refractivity (Wildman–Crippen MR) is 414 cm³/mol. The third-order valence-electron chi connectivity index (χ3n) is 20.0. The SMILES string of the molecule is CC(=O)O[C@@H]1[C@@H](OC(C)=O)[C@H]2O[C@H]3[C@H](OC(C)=O)[C@@H](OC(C)=O)[C@@H](O[C@H]4[C@H](OC(C)=O)[C@@H](OC(C)=O)[C@@H](O[C@H]5[C@H](OC(C)=O)[C@@H](OC(C)=O)[C@@H](O[C@H]6[C@H](OC(C)=O)[C@@H](OC(C)=O)[C@@H](O[C@H]7[C@H](OC(C)=O)[C@@H](OC(C)=O)[C@@H](O[C@H]8[C@H](OC(C)=O)[C@@H](OC(C)=O)[C@@H](O[C@@H]1[C@@H](CS(=O)(=O)[O-])O2)O[C@@H]8CS(=O)(=O)[O-])O[C@@H]7CS(=O)(=O)[O-])O[C@@H]6CS(=O)(=O)[O-])O[C@@H]5CS(=O)(=O)[O-])O[C@@H]4CS(=O)(=O)[O-])O[C@@H]3CS(=O)(=O)[O-]. The summed E-state index contributed by atoms with van der Waals surface area (Å²) in [6.45, 7) is 7.05. The van der Waals surface area contributed by atoms with Crippen LogP contribution in [0.3, 0.4) is 0 Å². The van der Waals surface area contributed by atoms with Crippen LogP contribution in [0.1, 0.15) is 96.9 Å². The average Bonchev–Trinajstić information content (AvgIpc) is 0.762. The van der Waals surface area contributed by atoms with E-state index in [-0.39, 0.29) is 0 Å². The van der Waals surface area contributed by atoms with Crippen molar-refractivity contribution in [3.63, 3.8) is 0 Å². The lowest BCUT2D eigenvalue weighted by molar-refractivity contribution is -0.389. The molecule has 0 aromatic heterocycles. The van der Waals surface area contributed by atoms with Gasteiger partial charge in [0.15, 0.2) is 129 Å². The molecule has 0 saturated carbocycles. The lowest BCUT2D eigenvalue weighted by atomic mass is 9.95. The average molecular weight is 2160 g/mol. The van der Waals surface area contributed by atoms with Crippen molar-refractivity contribution >= 4 is 154 Å². The van der Waals surface area contributed by atoms with Crippen molar-refractivity contribution in [1.82, 2.24) is 0 Å². The maximum Gasteiger partial charge on any atom is 0.303 e. The normalized spacial score (nSPS) is 35.9. The fraction of sp³-hybridized carbons (Fsp3) is 0.800. The van der Waals surface area contributed by atoms with E-state index >= 15 is 0 Å². The number of hydrogen-bond acceptors (Lipinski definition) is 63. The Morgan fingerprint density at radius 2 is 0.236 bits per heavy atom. The standard InChI is InChI=1S/C70H98O63S7/c1-22(71)106-50-43-36(15-134(85,86)87)120-64(57(50)113-29(8)78)128-44-37(16-135(88,89)90)122-66(59(115-31(10)80)51(44)107-23(2)72)130-46-39(18-137(94,95)96)124-68(61(117-33(12)82)53(46)109-25(4)74)132-48-41(20-139(100,101)102)126-70(63(119-35(14)84)55(48)111-27(6)76)133-49-42(21-140(103,104)105)125-69(62(118-34(13)83)56(49)112-28(7)77)131-47-40(19-138(97,98)99)123-67(60(116-32(11)81)54(47)110-26(5)75)129-45-38(17-136(91,92)93)121-65(127-43)58(114-30(9)79)52(45)108-24(3)73/h36-70H,15-21H2,1-14H3,(H,85,86,87)(H,88,89,90)(H,91,92,93)(H,94,95,96)(H,97,98,99)(H,100,101,102)(H,103,104,105)/p-7/t36-,37-,38-,39-,40-,41-,42-,43-,44-,45-,46-,47-,48-,49-,50+,51+,52+,53+,54+,55+,56+,57-,58-,59-,60-,61-,62-,63-,64-,65-,66-,67-,68-,69-,70-/m1/s1. The second-order valence-electron chi connectivity index (χ2n) is 31.6. The van der Waals surface area contributed by atoms with Crippen LogP contribution in [0.2, 0.25) is 0 Å². The van der Waals surface area contributed by atoms with Crippen LogP contribution in [0.5, 0.6) is 0 Å². The van der Waals surface area contributed by atoms with Crippen LogP contribution in [0, 0.1) is 0 Å². The summed E-state index contributed by atoms with van der Waals surface area (Å²) in [5, 5.41) is 0. The Hall–Kier alpha value is -8.61. The highest BCUT2D eigenvalue weighted by Crippen LogP contribution is 2.46. The van der Waals surface area contributed by atoms with Crippen molar-refractivity contribution < 1.29 is 291 Å². The summed E-state index contributed by atoms with van der Waals surface area (Å²) in [6.07, 6.45) is -104. The van der Waals surface area contributed by atoms with Gasteiger partial charge in [-0.3, -0.25) is 67.1 Å². The molecule has 140 heavy (non-hydrogen) atoms. The lowest BCUT2D eigenvalue weighted by Gasteiger charge is -2.52. The molecule has 798 valence electrons. The molecule has 21 heterocycles. The van der Waals surface area contributed by atoms with E-state index in [0.29, 0.717) is 96.9 Å². The summed E-state index contributed by atoms with van der Waals surface area (Å²) in [5.74, 6) is -38.6. The molecule has 0 aromatic rings. The number of carbonyl (C=O) groups is 14. The second-order valence-corrected chi connectivity index (χ2v) is 41.8. The van der Waals surface area contributed by atoms with E-state index in [0.717, 1.165) is 0 Å². The fourth-order valence-electron chi connectivity index (χ4n) is 16.0. The Bertz CT molecular complexity index is 4510. The molecule has 0 aliphatic carbocycles. The molecule has 21 aliphatic rings. The van der Waals surface area contributed by atoms with Gasteiger partial charge in [0, 0.05) is 96.9 Å². The van der Waals surface area contributed by atoms with Crippen molar-refractivity contribution in [3.05, 3.63) is 0 Å². The number of ether oxygens (including phenoxy) is 28. The van der Waals surface area contributed by atoms with Crippen molar-refractivity contribution in [2.75, 3.05) is 40.3 Å². The molecule has 0 amide bonds. The maximum absolute atomic E-state index is 13.7. The molecule has 0 unspecified atom stereocenters. The molecular weight excluding hydrogens is 2070 g/mol. The summed E-state index contributed by atoms with van der Waals surface area (Å²) in [7, 11) is -43.0. The lowest BCUT2D eigenvalue weighted by Crippen LogP contribution is -2.70. The molecule has 14 bridgehead atoms. The van der Waals surface area contributed by atoms with E-state index in [1.165, 1.54) is 0 Å². The quantitative estimate of drug-likeness (QED) is 0.0399. The van der Waals surface area contributed by atoms with Crippen LogP contribution in [0.15, 0.2) is 0 Å². The highest BCUT2D eigenvalue weighted by molar-refractivity contribution is 7.87. The number of carbonyl (C=O) groups excluding carboxylic acids is 14. The first-order chi connectivity index (χ1) is 64.2. The van der Waals surface area contributed by atoms with E-state index in [9.17, 15) is 158 Å². The Labute approximate surface area is 793 Å². The van der Waals surface area contributed by atoms with Crippen molar-refractivity contribution in [2.24, 2.45) is 0 Å². The van der Waals surface area contributed by atoms with Crippen LogP contribution in [0.25, 0.3) is 0 Å². The number of esters is 14. The fourth-order valence-corrected chi connectivity index (χ4v) is 20.7. The van der Waals surface area contributed by atoms with Gasteiger partial charge in [-0.15, -0.1) is 0 Å². The molecule has 35 atom stereocenters. The molecule has 63 nitrogen and oxygen atoms in total. The molecule has 21 rings (SSSR count). The van der Waals surface area contributed by atoms with E-state index in [4.69, 9.17) is 133 Å². The van der Waals surface area contributed by atoms with Gasteiger partial charge in [0.25, 0.3) is 0 Å². The maximum atomic E-state index is 13.7. The first-order valence-corrected chi connectivity index (χ1v) is 51.4. The highest BCUT2D eigenvalue weighted by atomic mass is 32.2. The smallest absolute Gasteiger partial charge is 0.303 e. The predicted octanol–water partition coefficient (Wildman–Crippen LogP) is -10.4. The van der Waals surface area contributed by atoms with Crippen LogP contribution in [-0.2, 0) is 271 Å². The number of hydrogen-bond donors (Lipinski definition) is 0. The molecule has 21 saturated heterocycles. The van der Waals surface area contributed by atoms with Crippen molar-refractivity contribution in [1.29, 1.82) is 0 Å². The van der Waals surface area contributed by atoms with Gasteiger partial charge in [0.05, 0.1) is 111 Å². The Kier molecular flexibility index (Phi) is 39.2. The first kappa shape index (κ1) is 117. The van der Waals surface area contributed by atoms with Crippen molar-refractivity contribution in [2.45, 2.75) is 312 Å². The van der Waals surface area contributed by atoms with E-state index in [1.54, 1.807) is 0 Å². The molecule has 70 heteroatoms. The Morgan fingerprint density at radius 1 is 0.157 bits per heavy atom. The van der Waals surface area contributed by atoms with Crippen LogP contribution < -0.4 is 0 Å². The minimum absolute atomic E-state index is 0.498. The second kappa shape index (κ2) is 47.1. The van der Waals surface area contributed by atoms with Crippen LogP contribution in [0.4, 0.5) is 0 Å². The van der Waals surface area contributed by atoms with Gasteiger partial charge in [0.2, 0.25) is 0 Å². The highest BCUT2D eigenvalue weighted by Gasteiger charge is 2.66. The molecule has 0 radical (unpaired) electrons. The zero-order valence-electron chi connectivity index (χ0n) is 74.7. The third kappa shape index (κ3) is 34.0. The van der Waals surface area contributed by atoms with Gasteiger partial charge in [-0.25, -0.2) is 58.9 Å². The van der Waals surface area contributed by atoms with Gasteiger partial charge in [-0.05, 0) is 0 Å². The van der Waals surface area contributed by atoms with E-state index in [2.05, 4.69) is 0 Å². The summed E-state index contributed by atoms with van der Waals surface area (Å²) in [6, 6.07) is 0. The third-order valence-corrected chi connectivity index (χ3v) is 25.1. The van der Waals surface area contributed by atoms with Crippen LogP contribution >= 0.6 is 0 Å². The zero-order valence-corrected chi connectivity index (χ0v) is 80.4. The van der Waals surface area contributed by atoms with Crippen molar-refractivity contribution in [3.8, 4) is 0 Å². The largest absolute Gasteiger partial charge is 0.748 e. The van der Waals surface area contributed by atoms with Crippen LogP contribution in [-0.4, -0.2) is 430 Å². The molecule has 0 spiro atoms. The van der Waals surface area contributed by atoms with Gasteiger partial charge < -0.3 is 165 Å². The molecule has 0 aromatic carbocycles. The Balaban J connectivity index is 1.54. The van der Waals surface area contributed by atoms with Gasteiger partial charge in [-0.1, -0.05) is 0 Å².